The summed E-state index contributed by atoms with van der Waals surface area (Å²) in [6.07, 6.45) is 0. The Hall–Kier alpha value is -1.40. The molecule has 2 atom stereocenters. The van der Waals surface area contributed by atoms with Gasteiger partial charge in [-0.1, -0.05) is 47.5 Å². The number of hydrogen-bond acceptors (Lipinski definition) is 5. The van der Waals surface area contributed by atoms with Crippen molar-refractivity contribution in [2.75, 3.05) is 18.1 Å². The van der Waals surface area contributed by atoms with Crippen LogP contribution in [0, 0.1) is 0 Å². The summed E-state index contributed by atoms with van der Waals surface area (Å²) in [5, 5.41) is 0.981. The van der Waals surface area contributed by atoms with Crippen LogP contribution in [0.1, 0.15) is 25.0 Å². The zero-order valence-corrected chi connectivity index (χ0v) is 18.3. The highest BCUT2D eigenvalue weighted by Crippen LogP contribution is 2.72. The maximum absolute atomic E-state index is 13.5. The van der Waals surface area contributed by atoms with Gasteiger partial charge in [0.05, 0.1) is 25.4 Å². The molecule has 1 amide bonds. The van der Waals surface area contributed by atoms with Crippen LogP contribution in [-0.4, -0.2) is 25.0 Å². The largest absolute Gasteiger partial charge is 0.363 e. The van der Waals surface area contributed by atoms with Crippen molar-refractivity contribution in [2.45, 2.75) is 31.8 Å². The van der Waals surface area contributed by atoms with Gasteiger partial charge >= 0.3 is 7.60 Å². The van der Waals surface area contributed by atoms with E-state index in [0.717, 1.165) is 5.56 Å². The van der Waals surface area contributed by atoms with Gasteiger partial charge in [0.2, 0.25) is 11.4 Å². The molecular formula is C20H20Cl2NO5P. The van der Waals surface area contributed by atoms with Crippen LogP contribution in [0.25, 0.3) is 0 Å². The van der Waals surface area contributed by atoms with Crippen molar-refractivity contribution in [3.63, 3.8) is 0 Å². The Morgan fingerprint density at radius 2 is 1.83 bits per heavy atom. The van der Waals surface area contributed by atoms with Gasteiger partial charge < -0.3 is 18.7 Å². The summed E-state index contributed by atoms with van der Waals surface area (Å²) in [4.78, 5) is 15.1. The lowest BCUT2D eigenvalue weighted by atomic mass is 10.0. The molecule has 29 heavy (non-hydrogen) atoms. The number of epoxide rings is 1. The molecule has 1 spiro atoms. The van der Waals surface area contributed by atoms with E-state index in [2.05, 4.69) is 0 Å². The summed E-state index contributed by atoms with van der Waals surface area (Å²) in [6.45, 7) is 4.05. The van der Waals surface area contributed by atoms with Crippen LogP contribution in [0.15, 0.2) is 42.5 Å². The SMILES string of the molecule is CCOP(=O)(OCC)[C@@H]1O[C@@]12C(=O)N(Cc1ccc(Cl)cc1Cl)c1ccccc12. The first kappa shape index (κ1) is 20.9. The van der Waals surface area contributed by atoms with Crippen molar-refractivity contribution < 1.29 is 23.1 Å². The number of hydrogen-bond donors (Lipinski definition) is 0. The molecule has 1 fully saturated rings. The number of carbonyl (C=O) groups is 1. The summed E-state index contributed by atoms with van der Waals surface area (Å²) in [5.74, 6) is -1.29. The van der Waals surface area contributed by atoms with Crippen molar-refractivity contribution in [1.29, 1.82) is 0 Å². The zero-order valence-electron chi connectivity index (χ0n) is 15.9. The predicted octanol–water partition coefficient (Wildman–Crippen LogP) is 5.36. The minimum Gasteiger partial charge on any atom is -0.337 e. The molecule has 0 bridgehead atoms. The minimum atomic E-state index is -3.63. The molecule has 2 heterocycles. The molecule has 2 aromatic rings. The van der Waals surface area contributed by atoms with Crippen LogP contribution in [0.5, 0.6) is 0 Å². The molecule has 0 N–H and O–H groups in total. The lowest BCUT2D eigenvalue weighted by Gasteiger charge is -2.19. The lowest BCUT2D eigenvalue weighted by Crippen LogP contribution is -2.34. The molecule has 2 aliphatic rings. The highest BCUT2D eigenvalue weighted by Gasteiger charge is 2.76. The van der Waals surface area contributed by atoms with Gasteiger partial charge in [0.1, 0.15) is 0 Å². The van der Waals surface area contributed by atoms with E-state index in [1.165, 1.54) is 0 Å². The fraction of sp³-hybridized carbons (Fsp3) is 0.350. The van der Waals surface area contributed by atoms with Crippen molar-refractivity contribution in [2.24, 2.45) is 0 Å². The molecule has 2 aliphatic heterocycles. The van der Waals surface area contributed by atoms with Crippen molar-refractivity contribution in [1.82, 2.24) is 0 Å². The molecule has 9 heteroatoms. The number of amides is 1. The van der Waals surface area contributed by atoms with Gasteiger partial charge in [-0.05, 0) is 37.6 Å². The molecular weight excluding hydrogens is 436 g/mol. The predicted molar refractivity (Wildman–Crippen MR) is 112 cm³/mol. The number of fused-ring (bicyclic) bond motifs is 2. The first-order valence-electron chi connectivity index (χ1n) is 9.29. The molecule has 0 aromatic heterocycles. The summed E-state index contributed by atoms with van der Waals surface area (Å²) in [6, 6.07) is 12.4. The van der Waals surface area contributed by atoms with Gasteiger partial charge in [0.15, 0.2) is 0 Å². The highest BCUT2D eigenvalue weighted by molar-refractivity contribution is 7.55. The van der Waals surface area contributed by atoms with E-state index in [4.69, 9.17) is 37.0 Å². The van der Waals surface area contributed by atoms with Gasteiger partial charge in [0, 0.05) is 15.6 Å². The monoisotopic (exact) mass is 455 g/mol. The molecule has 6 nitrogen and oxygen atoms in total. The van der Waals surface area contributed by atoms with Gasteiger partial charge in [0.25, 0.3) is 5.91 Å². The van der Waals surface area contributed by atoms with E-state index in [-0.39, 0.29) is 25.7 Å². The van der Waals surface area contributed by atoms with E-state index in [1.807, 2.05) is 18.2 Å². The summed E-state index contributed by atoms with van der Waals surface area (Å²) in [7, 11) is -3.63. The maximum atomic E-state index is 13.5. The van der Waals surface area contributed by atoms with Crippen molar-refractivity contribution in [3.8, 4) is 0 Å². The number of para-hydroxylation sites is 1. The van der Waals surface area contributed by atoms with Gasteiger partial charge in [-0.25, -0.2) is 0 Å². The van der Waals surface area contributed by atoms with Gasteiger partial charge in [-0.3, -0.25) is 9.36 Å². The van der Waals surface area contributed by atoms with Crippen LogP contribution < -0.4 is 4.90 Å². The standard InChI is InChI=1S/C20H20Cl2NO5P/c1-3-26-29(25,27-4-2)19-20(28-19)15-7-5-6-8-17(15)23(18(20)24)12-13-9-10-14(21)11-16(13)22/h5-11,19H,3-4,12H2,1-2H3/t19-,20-/m0/s1. The average molecular weight is 456 g/mol. The molecule has 1 saturated heterocycles. The number of ether oxygens (including phenoxy) is 1. The van der Waals surface area contributed by atoms with Crippen LogP contribution in [-0.2, 0) is 35.3 Å². The Morgan fingerprint density at radius 3 is 2.48 bits per heavy atom. The normalized spacial score (nSPS) is 23.0. The summed E-state index contributed by atoms with van der Waals surface area (Å²) >= 11 is 12.3. The molecule has 4 rings (SSSR count). The fourth-order valence-corrected chi connectivity index (χ4v) is 6.26. The topological polar surface area (TPSA) is 68.4 Å². The third-order valence-electron chi connectivity index (χ3n) is 4.99. The number of halogens is 2. The highest BCUT2D eigenvalue weighted by atomic mass is 35.5. The second-order valence-corrected chi connectivity index (χ2v) is 9.63. The van der Waals surface area contributed by atoms with Crippen molar-refractivity contribution in [3.05, 3.63) is 63.6 Å². The lowest BCUT2D eigenvalue weighted by molar-refractivity contribution is -0.123. The van der Waals surface area contributed by atoms with Gasteiger partial charge in [-0.15, -0.1) is 0 Å². The second kappa shape index (κ2) is 7.69. The molecule has 2 aromatic carbocycles. The van der Waals surface area contributed by atoms with Crippen LogP contribution >= 0.6 is 30.8 Å². The third-order valence-corrected chi connectivity index (χ3v) is 7.86. The summed E-state index contributed by atoms with van der Waals surface area (Å²) in [5.41, 5.74) is 0.714. The molecule has 0 saturated carbocycles. The Labute approximate surface area is 179 Å². The van der Waals surface area contributed by atoms with E-state index >= 15 is 0 Å². The first-order chi connectivity index (χ1) is 13.9. The average Bonchev–Trinajstić information content (AvgIpc) is 3.40. The van der Waals surface area contributed by atoms with E-state index in [9.17, 15) is 9.36 Å². The minimum absolute atomic E-state index is 0.188. The molecule has 0 unspecified atom stereocenters. The number of carbonyl (C=O) groups excluding carboxylic acids is 1. The van der Waals surface area contributed by atoms with Crippen LogP contribution in [0.3, 0.4) is 0 Å². The third kappa shape index (κ3) is 3.32. The number of benzene rings is 2. The Kier molecular flexibility index (Phi) is 5.53. The van der Waals surface area contributed by atoms with Crippen molar-refractivity contribution >= 4 is 42.4 Å². The molecule has 154 valence electrons. The van der Waals surface area contributed by atoms with Crippen LogP contribution in [0.2, 0.25) is 10.0 Å². The van der Waals surface area contributed by atoms with E-state index in [0.29, 0.717) is 21.3 Å². The number of anilines is 1. The van der Waals surface area contributed by atoms with Crippen LogP contribution in [0.4, 0.5) is 5.69 Å². The number of rotatable bonds is 7. The Morgan fingerprint density at radius 1 is 1.14 bits per heavy atom. The molecule has 0 aliphatic carbocycles. The van der Waals surface area contributed by atoms with E-state index in [1.54, 1.807) is 43.0 Å². The fourth-order valence-electron chi connectivity index (χ4n) is 3.74. The Bertz CT molecular complexity index is 1010. The quantitative estimate of drug-likeness (QED) is 0.415. The Balaban J connectivity index is 1.72. The second-order valence-electron chi connectivity index (χ2n) is 6.73. The van der Waals surface area contributed by atoms with Gasteiger partial charge in [-0.2, -0.15) is 0 Å². The maximum Gasteiger partial charge on any atom is 0.363 e. The zero-order chi connectivity index (χ0) is 20.8. The van der Waals surface area contributed by atoms with E-state index < -0.39 is 19.0 Å². The number of nitrogens with zero attached hydrogens (tertiary/aromatic N) is 1. The smallest absolute Gasteiger partial charge is 0.337 e. The summed E-state index contributed by atoms with van der Waals surface area (Å²) < 4.78 is 30.0. The first-order valence-corrected chi connectivity index (χ1v) is 11.7. The molecule has 0 radical (unpaired) electrons.